The second kappa shape index (κ2) is 8.44. The van der Waals surface area contributed by atoms with Gasteiger partial charge in [0.25, 0.3) is 0 Å². The Hall–Kier alpha value is -0.670. The van der Waals surface area contributed by atoms with E-state index in [0.29, 0.717) is 6.04 Å². The predicted octanol–water partition coefficient (Wildman–Crippen LogP) is 3.88. The first-order valence-corrected chi connectivity index (χ1v) is 8.06. The lowest BCUT2D eigenvalue weighted by Crippen LogP contribution is -2.22. The molecular formula is C15H25NOS. The normalized spacial score (nSPS) is 12.7. The monoisotopic (exact) mass is 267 g/mol. The maximum absolute atomic E-state index is 5.91. The maximum Gasteiger partial charge on any atom is 0.124 e. The summed E-state index contributed by atoms with van der Waals surface area (Å²) in [7, 11) is 0. The summed E-state index contributed by atoms with van der Waals surface area (Å²) < 4.78 is 5.91. The van der Waals surface area contributed by atoms with E-state index in [0.717, 1.165) is 24.5 Å². The minimum Gasteiger partial charge on any atom is -0.491 e. The molecule has 18 heavy (non-hydrogen) atoms. The van der Waals surface area contributed by atoms with Crippen LogP contribution >= 0.6 is 11.8 Å². The van der Waals surface area contributed by atoms with Crippen molar-refractivity contribution in [3.63, 3.8) is 0 Å². The molecule has 0 aromatic heterocycles. The second-order valence-electron chi connectivity index (χ2n) is 4.60. The molecule has 2 nitrogen and oxygen atoms in total. The van der Waals surface area contributed by atoms with E-state index in [9.17, 15) is 0 Å². The highest BCUT2D eigenvalue weighted by atomic mass is 32.2. The van der Waals surface area contributed by atoms with Crippen LogP contribution in [0.5, 0.6) is 5.75 Å². The average molecular weight is 267 g/mol. The fourth-order valence-corrected chi connectivity index (χ4v) is 2.45. The first-order chi connectivity index (χ1) is 8.69. The second-order valence-corrected chi connectivity index (χ2v) is 5.58. The van der Waals surface area contributed by atoms with Crippen LogP contribution in [0, 0.1) is 0 Å². The van der Waals surface area contributed by atoms with Gasteiger partial charge in [-0.3, -0.25) is 0 Å². The van der Waals surface area contributed by atoms with Gasteiger partial charge in [-0.05, 0) is 44.9 Å². The van der Waals surface area contributed by atoms with Gasteiger partial charge in [0.15, 0.2) is 0 Å². The summed E-state index contributed by atoms with van der Waals surface area (Å²) >= 11 is 1.89. The van der Waals surface area contributed by atoms with Gasteiger partial charge in [0.2, 0.25) is 0 Å². The molecule has 0 aliphatic carbocycles. The third kappa shape index (κ3) is 4.91. The Morgan fingerprint density at radius 3 is 2.61 bits per heavy atom. The van der Waals surface area contributed by atoms with Crippen molar-refractivity contribution in [3.8, 4) is 5.75 Å². The molecule has 1 unspecified atom stereocenters. The van der Waals surface area contributed by atoms with E-state index in [1.807, 2.05) is 17.8 Å². The summed E-state index contributed by atoms with van der Waals surface area (Å²) in [4.78, 5) is 0. The van der Waals surface area contributed by atoms with E-state index in [2.05, 4.69) is 50.5 Å². The van der Waals surface area contributed by atoms with Crippen LogP contribution in [-0.2, 0) is 0 Å². The first kappa shape index (κ1) is 15.4. The zero-order valence-electron chi connectivity index (χ0n) is 11.9. The first-order valence-electron chi connectivity index (χ1n) is 6.67. The van der Waals surface area contributed by atoms with E-state index >= 15 is 0 Å². The number of thioether (sulfide) groups is 1. The summed E-state index contributed by atoms with van der Waals surface area (Å²) in [5, 5.41) is 3.55. The van der Waals surface area contributed by atoms with E-state index in [-0.39, 0.29) is 6.10 Å². The highest BCUT2D eigenvalue weighted by Crippen LogP contribution is 2.28. The highest BCUT2D eigenvalue weighted by Gasteiger charge is 2.15. The number of hydrogen-bond donors (Lipinski definition) is 1. The van der Waals surface area contributed by atoms with Gasteiger partial charge in [-0.1, -0.05) is 25.1 Å². The van der Waals surface area contributed by atoms with Crippen molar-refractivity contribution in [3.05, 3.63) is 29.8 Å². The summed E-state index contributed by atoms with van der Waals surface area (Å²) in [6.07, 6.45) is 3.50. The van der Waals surface area contributed by atoms with Crippen LogP contribution in [0.25, 0.3) is 0 Å². The lowest BCUT2D eigenvalue weighted by molar-refractivity contribution is 0.237. The van der Waals surface area contributed by atoms with Crippen LogP contribution in [0.2, 0.25) is 0 Å². The Kier molecular flexibility index (Phi) is 7.21. The maximum atomic E-state index is 5.91. The molecule has 0 amide bonds. The van der Waals surface area contributed by atoms with Crippen LogP contribution < -0.4 is 10.1 Å². The molecule has 1 atom stereocenters. The molecule has 0 heterocycles. The number of rotatable bonds is 8. The largest absolute Gasteiger partial charge is 0.491 e. The minimum atomic E-state index is 0.217. The third-order valence-electron chi connectivity index (χ3n) is 2.72. The van der Waals surface area contributed by atoms with Gasteiger partial charge in [0.05, 0.1) is 6.10 Å². The van der Waals surface area contributed by atoms with Crippen molar-refractivity contribution in [1.82, 2.24) is 5.32 Å². The molecule has 1 aromatic carbocycles. The van der Waals surface area contributed by atoms with Crippen LogP contribution in [-0.4, -0.2) is 24.7 Å². The van der Waals surface area contributed by atoms with Gasteiger partial charge < -0.3 is 10.1 Å². The standard InChI is InChI=1S/C15H25NOS/c1-5-16-14(10-11-18-4)13-8-6-7-9-15(13)17-12(2)3/h6-9,12,14,16H,5,10-11H2,1-4H3. The number of ether oxygens (including phenoxy) is 1. The van der Waals surface area contributed by atoms with Crippen LogP contribution in [0.1, 0.15) is 38.8 Å². The Bertz CT molecular complexity index is 341. The molecule has 1 N–H and O–H groups in total. The molecule has 0 bridgehead atoms. The molecule has 0 aliphatic rings. The molecule has 0 aliphatic heterocycles. The zero-order valence-corrected chi connectivity index (χ0v) is 12.7. The number of hydrogen-bond acceptors (Lipinski definition) is 3. The molecular weight excluding hydrogens is 242 g/mol. The Labute approximate surface area is 116 Å². The van der Waals surface area contributed by atoms with Crippen molar-refractivity contribution in [2.24, 2.45) is 0 Å². The van der Waals surface area contributed by atoms with E-state index in [1.165, 1.54) is 5.56 Å². The Morgan fingerprint density at radius 2 is 2.00 bits per heavy atom. The van der Waals surface area contributed by atoms with E-state index in [1.54, 1.807) is 0 Å². The third-order valence-corrected chi connectivity index (χ3v) is 3.36. The Balaban J connectivity index is 2.87. The summed E-state index contributed by atoms with van der Waals surface area (Å²) in [5.41, 5.74) is 1.28. The number of benzene rings is 1. The highest BCUT2D eigenvalue weighted by molar-refractivity contribution is 7.98. The fourth-order valence-electron chi connectivity index (χ4n) is 1.98. The van der Waals surface area contributed by atoms with Crippen molar-refractivity contribution >= 4 is 11.8 Å². The summed E-state index contributed by atoms with van der Waals surface area (Å²) in [6, 6.07) is 8.76. The predicted molar refractivity (Wildman–Crippen MR) is 81.6 cm³/mol. The number of nitrogens with one attached hydrogen (secondary N) is 1. The van der Waals surface area contributed by atoms with Crippen LogP contribution in [0.3, 0.4) is 0 Å². The quantitative estimate of drug-likeness (QED) is 0.772. The van der Waals surface area contributed by atoms with Gasteiger partial charge in [-0.2, -0.15) is 11.8 Å². The molecule has 1 aromatic rings. The van der Waals surface area contributed by atoms with Crippen LogP contribution in [0.15, 0.2) is 24.3 Å². The molecule has 0 saturated carbocycles. The molecule has 1 rings (SSSR count). The Morgan fingerprint density at radius 1 is 1.28 bits per heavy atom. The summed E-state index contributed by atoms with van der Waals surface area (Å²) in [5.74, 6) is 2.17. The summed E-state index contributed by atoms with van der Waals surface area (Å²) in [6.45, 7) is 7.27. The van der Waals surface area contributed by atoms with Crippen molar-refractivity contribution in [2.45, 2.75) is 39.3 Å². The van der Waals surface area contributed by atoms with Crippen molar-refractivity contribution < 1.29 is 4.74 Å². The van der Waals surface area contributed by atoms with Gasteiger partial charge >= 0.3 is 0 Å². The van der Waals surface area contributed by atoms with Crippen molar-refractivity contribution in [2.75, 3.05) is 18.6 Å². The zero-order chi connectivity index (χ0) is 13.4. The SMILES string of the molecule is CCNC(CCSC)c1ccccc1OC(C)C. The molecule has 0 spiro atoms. The molecule has 102 valence electrons. The van der Waals surface area contributed by atoms with E-state index in [4.69, 9.17) is 4.74 Å². The van der Waals surface area contributed by atoms with Crippen LogP contribution in [0.4, 0.5) is 0 Å². The fraction of sp³-hybridized carbons (Fsp3) is 0.600. The van der Waals surface area contributed by atoms with Gasteiger partial charge in [0, 0.05) is 11.6 Å². The molecule has 0 saturated heterocycles. The molecule has 0 radical (unpaired) electrons. The van der Waals surface area contributed by atoms with Gasteiger partial charge in [-0.25, -0.2) is 0 Å². The van der Waals surface area contributed by atoms with E-state index < -0.39 is 0 Å². The van der Waals surface area contributed by atoms with Gasteiger partial charge in [0.1, 0.15) is 5.75 Å². The lowest BCUT2D eigenvalue weighted by Gasteiger charge is -2.22. The number of para-hydroxylation sites is 1. The van der Waals surface area contributed by atoms with Gasteiger partial charge in [-0.15, -0.1) is 0 Å². The average Bonchev–Trinajstić information content (AvgIpc) is 2.35. The van der Waals surface area contributed by atoms with Crippen molar-refractivity contribution in [1.29, 1.82) is 0 Å². The lowest BCUT2D eigenvalue weighted by atomic mass is 10.0. The molecule has 0 fully saturated rings. The smallest absolute Gasteiger partial charge is 0.124 e. The minimum absolute atomic E-state index is 0.217. The molecule has 3 heteroatoms. The topological polar surface area (TPSA) is 21.3 Å².